The molecule has 108 valence electrons. The van der Waals surface area contributed by atoms with Crippen molar-refractivity contribution in [2.45, 2.75) is 26.8 Å². The van der Waals surface area contributed by atoms with Crippen LogP contribution in [0.4, 0.5) is 0 Å². The molecule has 0 bridgehead atoms. The second kappa shape index (κ2) is 5.54. The average molecular weight is 272 g/mol. The second-order valence-corrected chi connectivity index (χ2v) is 6.20. The highest BCUT2D eigenvalue weighted by Crippen LogP contribution is 2.23. The molecule has 20 heavy (non-hydrogen) atoms. The van der Waals surface area contributed by atoms with E-state index in [1.807, 2.05) is 0 Å². The van der Waals surface area contributed by atoms with Gasteiger partial charge in [-0.25, -0.2) is 4.98 Å². The summed E-state index contributed by atoms with van der Waals surface area (Å²) in [7, 11) is 0. The minimum atomic E-state index is 0.628. The van der Waals surface area contributed by atoms with Crippen LogP contribution >= 0.6 is 0 Å². The maximum absolute atomic E-state index is 5.88. The predicted molar refractivity (Wildman–Crippen MR) is 81.5 cm³/mol. The van der Waals surface area contributed by atoms with Gasteiger partial charge in [-0.2, -0.15) is 0 Å². The number of rotatable bonds is 3. The number of nitrogens with two attached hydrogens (primary N) is 1. The molecular weight excluding hydrogens is 248 g/mol. The molecule has 3 rings (SSSR count). The number of nitrogens with zero attached hydrogens (tertiary/aromatic N) is 3. The van der Waals surface area contributed by atoms with Gasteiger partial charge >= 0.3 is 0 Å². The highest BCUT2D eigenvalue weighted by Gasteiger charge is 2.25. The highest BCUT2D eigenvalue weighted by atomic mass is 15.2. The van der Waals surface area contributed by atoms with Gasteiger partial charge in [0.25, 0.3) is 0 Å². The van der Waals surface area contributed by atoms with Crippen LogP contribution in [-0.2, 0) is 6.54 Å². The van der Waals surface area contributed by atoms with Crippen molar-refractivity contribution in [2.24, 2.45) is 17.6 Å². The van der Waals surface area contributed by atoms with Crippen molar-refractivity contribution >= 4 is 5.65 Å². The Morgan fingerprint density at radius 3 is 3.00 bits per heavy atom. The largest absolute Gasteiger partial charge is 0.330 e. The van der Waals surface area contributed by atoms with Gasteiger partial charge < -0.3 is 10.1 Å². The number of imidazole rings is 1. The first-order valence-electron chi connectivity index (χ1n) is 7.52. The molecular formula is C16H24N4. The lowest BCUT2D eigenvalue weighted by Crippen LogP contribution is -2.42. The molecule has 4 nitrogen and oxygen atoms in total. The zero-order valence-corrected chi connectivity index (χ0v) is 12.4. The zero-order chi connectivity index (χ0) is 14.1. The van der Waals surface area contributed by atoms with Crippen molar-refractivity contribution in [3.8, 4) is 0 Å². The molecule has 1 fully saturated rings. The van der Waals surface area contributed by atoms with E-state index >= 15 is 0 Å². The van der Waals surface area contributed by atoms with Crippen LogP contribution in [0.3, 0.4) is 0 Å². The molecule has 0 spiro atoms. The molecule has 2 unspecified atom stereocenters. The van der Waals surface area contributed by atoms with E-state index in [1.54, 1.807) is 0 Å². The summed E-state index contributed by atoms with van der Waals surface area (Å²) >= 11 is 0. The number of piperidine rings is 1. The Labute approximate surface area is 120 Å². The van der Waals surface area contributed by atoms with E-state index in [0.717, 1.165) is 43.4 Å². The topological polar surface area (TPSA) is 46.6 Å². The molecule has 2 aromatic rings. The molecule has 4 heteroatoms. The molecule has 0 radical (unpaired) electrons. The molecule has 0 aliphatic carbocycles. The number of fused-ring (bicyclic) bond motifs is 1. The molecule has 0 aromatic carbocycles. The van der Waals surface area contributed by atoms with Gasteiger partial charge in [-0.1, -0.05) is 13.0 Å². The molecule has 3 heterocycles. The molecule has 2 atom stereocenters. The summed E-state index contributed by atoms with van der Waals surface area (Å²) in [6.45, 7) is 8.42. The zero-order valence-electron chi connectivity index (χ0n) is 12.4. The molecule has 2 aromatic heterocycles. The van der Waals surface area contributed by atoms with Crippen LogP contribution in [0, 0.1) is 18.8 Å². The number of aryl methyl sites for hydroxylation is 1. The number of likely N-dealkylation sites (tertiary alicyclic amines) is 1. The van der Waals surface area contributed by atoms with E-state index in [2.05, 4.69) is 47.7 Å². The number of pyridine rings is 1. The summed E-state index contributed by atoms with van der Waals surface area (Å²) in [5.74, 6) is 1.38. The molecule has 0 saturated carbocycles. The Kier molecular flexibility index (Phi) is 3.76. The van der Waals surface area contributed by atoms with Crippen molar-refractivity contribution < 1.29 is 0 Å². The second-order valence-electron chi connectivity index (χ2n) is 6.20. The normalized spacial score (nSPS) is 24.4. The SMILES string of the molecule is Cc1ccc2nc(CN3CCC(C)C(CN)C3)cn2c1. The first-order valence-corrected chi connectivity index (χ1v) is 7.52. The summed E-state index contributed by atoms with van der Waals surface area (Å²) in [5, 5.41) is 0. The van der Waals surface area contributed by atoms with Crippen molar-refractivity contribution in [1.82, 2.24) is 14.3 Å². The minimum Gasteiger partial charge on any atom is -0.330 e. The summed E-state index contributed by atoms with van der Waals surface area (Å²) < 4.78 is 2.12. The highest BCUT2D eigenvalue weighted by molar-refractivity contribution is 5.41. The smallest absolute Gasteiger partial charge is 0.137 e. The van der Waals surface area contributed by atoms with Crippen LogP contribution in [0.15, 0.2) is 24.5 Å². The van der Waals surface area contributed by atoms with Gasteiger partial charge in [0.15, 0.2) is 0 Å². The summed E-state index contributed by atoms with van der Waals surface area (Å²) in [4.78, 5) is 7.20. The Bertz CT molecular complexity index is 589. The fourth-order valence-electron chi connectivity index (χ4n) is 3.14. The Morgan fingerprint density at radius 2 is 2.20 bits per heavy atom. The van der Waals surface area contributed by atoms with Crippen LogP contribution in [-0.4, -0.2) is 33.9 Å². The quantitative estimate of drug-likeness (QED) is 0.930. The third-order valence-corrected chi connectivity index (χ3v) is 4.54. The minimum absolute atomic E-state index is 0.628. The van der Waals surface area contributed by atoms with Gasteiger partial charge in [0.1, 0.15) is 5.65 Å². The number of hydrogen-bond donors (Lipinski definition) is 1. The Balaban J connectivity index is 1.73. The van der Waals surface area contributed by atoms with Gasteiger partial charge in [-0.3, -0.25) is 4.90 Å². The standard InChI is InChI=1S/C16H24N4/c1-12-3-4-16-18-15(11-20(16)8-12)10-19-6-5-13(2)14(7-17)9-19/h3-4,8,11,13-14H,5-7,9-10,17H2,1-2H3. The van der Waals surface area contributed by atoms with Crippen molar-refractivity contribution in [3.63, 3.8) is 0 Å². The van der Waals surface area contributed by atoms with Gasteiger partial charge in [0, 0.05) is 25.5 Å². The van der Waals surface area contributed by atoms with Crippen molar-refractivity contribution in [3.05, 3.63) is 35.8 Å². The van der Waals surface area contributed by atoms with E-state index in [0.29, 0.717) is 5.92 Å². The lowest BCUT2D eigenvalue weighted by molar-refractivity contribution is 0.125. The van der Waals surface area contributed by atoms with Gasteiger partial charge in [0.2, 0.25) is 0 Å². The Hall–Kier alpha value is -1.39. The lowest BCUT2D eigenvalue weighted by Gasteiger charge is -2.36. The summed E-state index contributed by atoms with van der Waals surface area (Å²) in [6, 6.07) is 4.19. The van der Waals surface area contributed by atoms with Gasteiger partial charge in [-0.05, 0) is 49.9 Å². The first kappa shape index (κ1) is 13.6. The van der Waals surface area contributed by atoms with E-state index in [-0.39, 0.29) is 0 Å². The van der Waals surface area contributed by atoms with E-state index in [4.69, 9.17) is 10.7 Å². The molecule has 2 N–H and O–H groups in total. The van der Waals surface area contributed by atoms with Crippen LogP contribution < -0.4 is 5.73 Å². The monoisotopic (exact) mass is 272 g/mol. The summed E-state index contributed by atoms with van der Waals surface area (Å²) in [5.41, 5.74) is 9.33. The number of aromatic nitrogens is 2. The third-order valence-electron chi connectivity index (χ3n) is 4.54. The van der Waals surface area contributed by atoms with E-state index in [9.17, 15) is 0 Å². The van der Waals surface area contributed by atoms with Crippen LogP contribution in [0.25, 0.3) is 5.65 Å². The molecule has 1 saturated heterocycles. The third kappa shape index (κ3) is 2.72. The van der Waals surface area contributed by atoms with Crippen LogP contribution in [0.1, 0.15) is 24.6 Å². The molecule has 1 aliphatic heterocycles. The fraction of sp³-hybridized carbons (Fsp3) is 0.562. The van der Waals surface area contributed by atoms with Crippen LogP contribution in [0.2, 0.25) is 0 Å². The lowest BCUT2D eigenvalue weighted by atomic mass is 9.87. The van der Waals surface area contributed by atoms with Crippen LogP contribution in [0.5, 0.6) is 0 Å². The van der Waals surface area contributed by atoms with Gasteiger partial charge in [-0.15, -0.1) is 0 Å². The van der Waals surface area contributed by atoms with Crippen molar-refractivity contribution in [2.75, 3.05) is 19.6 Å². The number of hydrogen-bond acceptors (Lipinski definition) is 3. The van der Waals surface area contributed by atoms with Gasteiger partial charge in [0.05, 0.1) is 5.69 Å². The average Bonchev–Trinajstić information content (AvgIpc) is 2.82. The maximum atomic E-state index is 5.88. The fourth-order valence-corrected chi connectivity index (χ4v) is 3.14. The Morgan fingerprint density at radius 1 is 1.35 bits per heavy atom. The first-order chi connectivity index (χ1) is 9.65. The molecule has 1 aliphatic rings. The van der Waals surface area contributed by atoms with E-state index < -0.39 is 0 Å². The summed E-state index contributed by atoms with van der Waals surface area (Å²) in [6.07, 6.45) is 5.53. The van der Waals surface area contributed by atoms with Crippen molar-refractivity contribution in [1.29, 1.82) is 0 Å². The maximum Gasteiger partial charge on any atom is 0.137 e. The molecule has 0 amide bonds. The van der Waals surface area contributed by atoms with E-state index in [1.165, 1.54) is 12.0 Å². The predicted octanol–water partition coefficient (Wildman–Crippen LogP) is 2.06.